The molecule has 144 valence electrons. The topological polar surface area (TPSA) is 36.4 Å². The fourth-order valence-electron chi connectivity index (χ4n) is 3.46. The summed E-state index contributed by atoms with van der Waals surface area (Å²) in [6, 6.07) is 27.8. The van der Waals surface area contributed by atoms with Crippen LogP contribution in [0.5, 0.6) is 0 Å². The largest absolute Gasteiger partial charge is 0.347 e. The Labute approximate surface area is 171 Å². The Hall–Kier alpha value is -2.85. The first-order chi connectivity index (χ1) is 13.3. The minimum absolute atomic E-state index is 0. The van der Waals surface area contributed by atoms with Crippen LogP contribution in [0, 0.1) is 5.82 Å². The summed E-state index contributed by atoms with van der Waals surface area (Å²) in [5, 5.41) is 7.00. The van der Waals surface area contributed by atoms with Gasteiger partial charge in [0.1, 0.15) is 5.82 Å². The molecule has 2 unspecified atom stereocenters. The van der Waals surface area contributed by atoms with Gasteiger partial charge in [-0.3, -0.25) is 4.99 Å². The van der Waals surface area contributed by atoms with Crippen LogP contribution in [0.25, 0.3) is 0 Å². The van der Waals surface area contributed by atoms with Crippen LogP contribution in [0.15, 0.2) is 89.9 Å². The third-order valence-corrected chi connectivity index (χ3v) is 4.84. The van der Waals surface area contributed by atoms with E-state index in [-0.39, 0.29) is 30.3 Å². The third-order valence-electron chi connectivity index (χ3n) is 4.84. The third kappa shape index (κ3) is 4.52. The van der Waals surface area contributed by atoms with Gasteiger partial charge in [0.25, 0.3) is 0 Å². The highest BCUT2D eigenvalue weighted by Crippen LogP contribution is 2.32. The molecular formula is C23H23ClFN3. The van der Waals surface area contributed by atoms with Crippen molar-refractivity contribution in [1.29, 1.82) is 0 Å². The van der Waals surface area contributed by atoms with Crippen LogP contribution in [0.2, 0.25) is 0 Å². The van der Waals surface area contributed by atoms with E-state index >= 15 is 0 Å². The van der Waals surface area contributed by atoms with E-state index in [1.165, 1.54) is 17.2 Å². The first kappa shape index (κ1) is 19.9. The molecule has 0 aromatic heterocycles. The van der Waals surface area contributed by atoms with Crippen molar-refractivity contribution in [2.24, 2.45) is 4.99 Å². The Kier molecular flexibility index (Phi) is 6.66. The fourth-order valence-corrected chi connectivity index (χ4v) is 3.46. The first-order valence-electron chi connectivity index (χ1n) is 9.22. The summed E-state index contributed by atoms with van der Waals surface area (Å²) < 4.78 is 13.8. The minimum Gasteiger partial charge on any atom is -0.347 e. The summed E-state index contributed by atoms with van der Waals surface area (Å²) in [7, 11) is 0. The molecule has 1 aliphatic rings. The number of halogens is 2. The molecule has 5 heteroatoms. The molecule has 0 bridgehead atoms. The maximum absolute atomic E-state index is 13.8. The van der Waals surface area contributed by atoms with E-state index in [0.29, 0.717) is 18.5 Å². The van der Waals surface area contributed by atoms with Crippen LogP contribution in [0.4, 0.5) is 4.39 Å². The van der Waals surface area contributed by atoms with Crippen molar-refractivity contribution < 1.29 is 4.39 Å². The number of nitrogens with one attached hydrogen (secondary N) is 2. The van der Waals surface area contributed by atoms with Crippen molar-refractivity contribution in [2.75, 3.05) is 6.54 Å². The highest BCUT2D eigenvalue weighted by atomic mass is 35.5. The molecule has 28 heavy (non-hydrogen) atoms. The molecule has 4 rings (SSSR count). The van der Waals surface area contributed by atoms with Crippen LogP contribution < -0.4 is 10.6 Å². The van der Waals surface area contributed by atoms with Gasteiger partial charge in [0.15, 0.2) is 5.96 Å². The van der Waals surface area contributed by atoms with E-state index in [0.717, 1.165) is 5.96 Å². The van der Waals surface area contributed by atoms with Gasteiger partial charge in [-0.25, -0.2) is 4.39 Å². The van der Waals surface area contributed by atoms with Gasteiger partial charge in [0.05, 0.1) is 12.1 Å². The maximum atomic E-state index is 13.8. The number of aliphatic imine (C=N–C) groups is 1. The second-order valence-electron chi connectivity index (χ2n) is 6.64. The number of nitrogens with zero attached hydrogens (tertiary/aromatic N) is 1. The molecule has 0 spiro atoms. The number of hydrogen-bond donors (Lipinski definition) is 2. The second-order valence-corrected chi connectivity index (χ2v) is 6.64. The Morgan fingerprint density at radius 2 is 1.21 bits per heavy atom. The summed E-state index contributed by atoms with van der Waals surface area (Å²) >= 11 is 0. The Morgan fingerprint density at radius 1 is 0.714 bits per heavy atom. The molecule has 3 aromatic carbocycles. The summed E-state index contributed by atoms with van der Waals surface area (Å²) in [4.78, 5) is 4.64. The SMILES string of the molecule is Cl.Fc1ccccc1CCN=C1NC(c2ccccc2)C(c2ccccc2)N1. The number of hydrogen-bond acceptors (Lipinski definition) is 1. The van der Waals surface area contributed by atoms with E-state index < -0.39 is 0 Å². The van der Waals surface area contributed by atoms with Crippen LogP contribution >= 0.6 is 12.4 Å². The summed E-state index contributed by atoms with van der Waals surface area (Å²) in [6.07, 6.45) is 0.575. The van der Waals surface area contributed by atoms with Crippen molar-refractivity contribution in [3.8, 4) is 0 Å². The lowest BCUT2D eigenvalue weighted by Gasteiger charge is -2.19. The lowest BCUT2D eigenvalue weighted by molar-refractivity contribution is 0.554. The van der Waals surface area contributed by atoms with Crippen molar-refractivity contribution in [3.63, 3.8) is 0 Å². The van der Waals surface area contributed by atoms with Gasteiger partial charge in [-0.2, -0.15) is 0 Å². The van der Waals surface area contributed by atoms with Crippen LogP contribution in [0.1, 0.15) is 28.8 Å². The van der Waals surface area contributed by atoms with Gasteiger partial charge in [-0.1, -0.05) is 78.9 Å². The maximum Gasteiger partial charge on any atom is 0.192 e. The lowest BCUT2D eigenvalue weighted by atomic mass is 9.95. The van der Waals surface area contributed by atoms with Crippen molar-refractivity contribution in [1.82, 2.24) is 10.6 Å². The Bertz CT molecular complexity index is 866. The summed E-state index contributed by atoms with van der Waals surface area (Å²) in [5.74, 6) is 0.586. The van der Waals surface area contributed by atoms with E-state index in [1.807, 2.05) is 48.5 Å². The van der Waals surface area contributed by atoms with Gasteiger partial charge in [-0.15, -0.1) is 12.4 Å². The Balaban J connectivity index is 0.00000225. The molecule has 1 fully saturated rings. The number of rotatable bonds is 5. The first-order valence-corrected chi connectivity index (χ1v) is 9.22. The molecule has 2 atom stereocenters. The highest BCUT2D eigenvalue weighted by Gasteiger charge is 2.32. The lowest BCUT2D eigenvalue weighted by Crippen LogP contribution is -2.25. The monoisotopic (exact) mass is 395 g/mol. The zero-order valence-corrected chi connectivity index (χ0v) is 16.2. The van der Waals surface area contributed by atoms with Gasteiger partial charge in [0.2, 0.25) is 0 Å². The predicted octanol–water partition coefficient (Wildman–Crippen LogP) is 4.82. The van der Waals surface area contributed by atoms with Crippen LogP contribution in [0.3, 0.4) is 0 Å². The molecule has 3 aromatic rings. The van der Waals surface area contributed by atoms with Gasteiger partial charge in [-0.05, 0) is 29.2 Å². The van der Waals surface area contributed by atoms with E-state index in [1.54, 1.807) is 6.07 Å². The second kappa shape index (κ2) is 9.38. The van der Waals surface area contributed by atoms with Crippen molar-refractivity contribution in [2.45, 2.75) is 18.5 Å². The average Bonchev–Trinajstić information content (AvgIpc) is 3.15. The zero-order valence-electron chi connectivity index (χ0n) is 15.4. The van der Waals surface area contributed by atoms with E-state index in [2.05, 4.69) is 39.9 Å². The summed E-state index contributed by atoms with van der Waals surface area (Å²) in [6.45, 7) is 0.527. The average molecular weight is 396 g/mol. The standard InChI is InChI=1S/C23H22FN3.ClH/c24-20-14-8-7-9-17(20)15-16-25-23-26-21(18-10-3-1-4-11-18)22(27-23)19-12-5-2-6-13-19;/h1-14,21-22H,15-16H2,(H2,25,26,27);1H. The molecular weight excluding hydrogens is 373 g/mol. The highest BCUT2D eigenvalue weighted by molar-refractivity contribution is 5.85. The normalized spacial score (nSPS) is 18.0. The molecule has 1 aliphatic heterocycles. The molecule has 0 radical (unpaired) electrons. The van der Waals surface area contributed by atoms with Gasteiger partial charge < -0.3 is 10.6 Å². The molecule has 0 aliphatic carbocycles. The summed E-state index contributed by atoms with van der Waals surface area (Å²) in [5.41, 5.74) is 3.11. The zero-order chi connectivity index (χ0) is 18.5. The molecule has 0 saturated carbocycles. The quantitative estimate of drug-likeness (QED) is 0.649. The molecule has 2 N–H and O–H groups in total. The molecule has 3 nitrogen and oxygen atoms in total. The van der Waals surface area contributed by atoms with Crippen LogP contribution in [-0.4, -0.2) is 12.5 Å². The number of guanidine groups is 1. The van der Waals surface area contributed by atoms with Crippen molar-refractivity contribution in [3.05, 3.63) is 107 Å². The minimum atomic E-state index is -0.172. The fraction of sp³-hybridized carbons (Fsp3) is 0.174. The van der Waals surface area contributed by atoms with Gasteiger partial charge in [0, 0.05) is 6.54 Å². The Morgan fingerprint density at radius 3 is 1.75 bits per heavy atom. The predicted molar refractivity (Wildman–Crippen MR) is 114 cm³/mol. The molecule has 0 amide bonds. The van der Waals surface area contributed by atoms with Gasteiger partial charge >= 0.3 is 0 Å². The van der Waals surface area contributed by atoms with E-state index in [9.17, 15) is 4.39 Å². The number of benzene rings is 3. The molecule has 1 saturated heterocycles. The molecule has 1 heterocycles. The van der Waals surface area contributed by atoms with Crippen LogP contribution in [-0.2, 0) is 6.42 Å². The van der Waals surface area contributed by atoms with E-state index in [4.69, 9.17) is 0 Å². The van der Waals surface area contributed by atoms with Crippen molar-refractivity contribution >= 4 is 18.4 Å². The smallest absolute Gasteiger partial charge is 0.192 e.